The van der Waals surface area contributed by atoms with Gasteiger partial charge in [0.05, 0.1) is 17.5 Å². The molecule has 4 rings (SSSR count). The molecule has 28 heavy (non-hydrogen) atoms. The van der Waals surface area contributed by atoms with Crippen LogP contribution in [0, 0.1) is 6.92 Å². The van der Waals surface area contributed by atoms with Crippen molar-refractivity contribution >= 4 is 23.2 Å². The van der Waals surface area contributed by atoms with Crippen LogP contribution in [0.5, 0.6) is 0 Å². The van der Waals surface area contributed by atoms with Gasteiger partial charge in [0.2, 0.25) is 0 Å². The summed E-state index contributed by atoms with van der Waals surface area (Å²) in [4.78, 5) is 29.0. The Morgan fingerprint density at radius 3 is 2.86 bits per heavy atom. The molecule has 140 valence electrons. The highest BCUT2D eigenvalue weighted by Gasteiger charge is 2.14. The van der Waals surface area contributed by atoms with Crippen LogP contribution in [-0.4, -0.2) is 21.3 Å². The third-order valence-electron chi connectivity index (χ3n) is 4.23. The zero-order valence-electron chi connectivity index (χ0n) is 15.1. The predicted molar refractivity (Wildman–Crippen MR) is 102 cm³/mol. The Kier molecular flexibility index (Phi) is 4.63. The molecule has 7 nitrogen and oxygen atoms in total. The van der Waals surface area contributed by atoms with Crippen LogP contribution in [0.3, 0.4) is 0 Å². The lowest BCUT2D eigenvalue weighted by Gasteiger charge is -2.09. The summed E-state index contributed by atoms with van der Waals surface area (Å²) in [5, 5.41) is 2.74. The van der Waals surface area contributed by atoms with Crippen LogP contribution in [-0.2, 0) is 11.3 Å². The average molecular weight is 375 g/mol. The number of rotatable bonds is 5. The summed E-state index contributed by atoms with van der Waals surface area (Å²) >= 11 is 0. The van der Waals surface area contributed by atoms with Gasteiger partial charge in [0.15, 0.2) is 5.76 Å². The summed E-state index contributed by atoms with van der Waals surface area (Å²) in [7, 11) is 0. The van der Waals surface area contributed by atoms with Crippen LogP contribution in [0.1, 0.15) is 32.2 Å². The largest absolute Gasteiger partial charge is 0.459 e. The molecular formula is C21H17N3O4. The third kappa shape index (κ3) is 3.64. The van der Waals surface area contributed by atoms with Gasteiger partial charge in [0.25, 0.3) is 5.91 Å². The Bertz CT molecular complexity index is 1110. The maximum atomic E-state index is 12.4. The van der Waals surface area contributed by atoms with E-state index in [-0.39, 0.29) is 18.3 Å². The van der Waals surface area contributed by atoms with E-state index in [0.717, 1.165) is 11.2 Å². The predicted octanol–water partition coefficient (Wildman–Crippen LogP) is 3.85. The number of nitrogens with zero attached hydrogens (tertiary/aromatic N) is 2. The monoisotopic (exact) mass is 375 g/mol. The van der Waals surface area contributed by atoms with Gasteiger partial charge >= 0.3 is 5.97 Å². The minimum absolute atomic E-state index is 0.0580. The minimum atomic E-state index is -0.495. The third-order valence-corrected chi connectivity index (χ3v) is 4.23. The van der Waals surface area contributed by atoms with E-state index in [0.29, 0.717) is 16.9 Å². The van der Waals surface area contributed by atoms with Crippen LogP contribution in [0.25, 0.3) is 5.65 Å². The van der Waals surface area contributed by atoms with E-state index in [1.54, 1.807) is 30.3 Å². The molecular weight excluding hydrogens is 358 g/mol. The van der Waals surface area contributed by atoms with Crippen molar-refractivity contribution in [2.45, 2.75) is 13.5 Å². The Balaban J connectivity index is 1.45. The number of carbonyl (C=O) groups excluding carboxylic acids is 2. The molecule has 0 fully saturated rings. The van der Waals surface area contributed by atoms with Crippen molar-refractivity contribution in [1.29, 1.82) is 0 Å². The molecule has 0 aliphatic rings. The van der Waals surface area contributed by atoms with Crippen molar-refractivity contribution in [2.75, 3.05) is 5.32 Å². The second-order valence-electron chi connectivity index (χ2n) is 6.24. The smallest absolute Gasteiger partial charge is 0.338 e. The Morgan fingerprint density at radius 1 is 1.18 bits per heavy atom. The van der Waals surface area contributed by atoms with Crippen molar-refractivity contribution in [1.82, 2.24) is 9.38 Å². The molecule has 7 heteroatoms. The minimum Gasteiger partial charge on any atom is -0.459 e. The molecule has 0 aliphatic heterocycles. The molecule has 3 aromatic heterocycles. The molecule has 1 N–H and O–H groups in total. The number of aromatic nitrogens is 2. The summed E-state index contributed by atoms with van der Waals surface area (Å²) in [5.41, 5.74) is 3.11. The number of aryl methyl sites for hydroxylation is 1. The van der Waals surface area contributed by atoms with E-state index in [1.165, 1.54) is 6.26 Å². The zero-order valence-corrected chi connectivity index (χ0v) is 15.1. The number of pyridine rings is 1. The number of furan rings is 1. The highest BCUT2D eigenvalue weighted by molar-refractivity contribution is 6.03. The van der Waals surface area contributed by atoms with Crippen molar-refractivity contribution < 1.29 is 18.7 Å². The zero-order chi connectivity index (χ0) is 19.5. The van der Waals surface area contributed by atoms with Crippen molar-refractivity contribution in [2.24, 2.45) is 0 Å². The molecule has 0 radical (unpaired) electrons. The van der Waals surface area contributed by atoms with Crippen LogP contribution >= 0.6 is 0 Å². The molecule has 0 atom stereocenters. The lowest BCUT2D eigenvalue weighted by molar-refractivity contribution is 0.0468. The number of amides is 1. The maximum absolute atomic E-state index is 12.4. The summed E-state index contributed by atoms with van der Waals surface area (Å²) < 4.78 is 12.3. The fraction of sp³-hybridized carbons (Fsp3) is 0.0952. The van der Waals surface area contributed by atoms with Gasteiger partial charge in [0.1, 0.15) is 12.3 Å². The van der Waals surface area contributed by atoms with Crippen molar-refractivity contribution in [3.05, 3.63) is 89.8 Å². The summed E-state index contributed by atoms with van der Waals surface area (Å²) in [6.07, 6.45) is 5.11. The first-order chi connectivity index (χ1) is 13.6. The van der Waals surface area contributed by atoms with E-state index in [2.05, 4.69) is 10.3 Å². The van der Waals surface area contributed by atoms with Crippen LogP contribution in [0.4, 0.5) is 5.69 Å². The fourth-order valence-corrected chi connectivity index (χ4v) is 2.75. The standard InChI is InChI=1S/C21H17N3O4/c1-14-7-8-15(11-17(14)23-20(25)18-5-4-10-27-18)21(26)28-13-16-12-24-9-3-2-6-19(24)22-16/h2-12H,13H2,1H3,(H,23,25). The second-order valence-corrected chi connectivity index (χ2v) is 6.24. The van der Waals surface area contributed by atoms with Crippen LogP contribution < -0.4 is 5.32 Å². The Labute approximate surface area is 160 Å². The molecule has 1 aromatic carbocycles. The number of ether oxygens (including phenoxy) is 1. The first-order valence-electron chi connectivity index (χ1n) is 8.65. The number of fused-ring (bicyclic) bond motifs is 1. The van der Waals surface area contributed by atoms with Gasteiger partial charge in [-0.1, -0.05) is 12.1 Å². The molecule has 0 unspecified atom stereocenters. The lowest BCUT2D eigenvalue weighted by atomic mass is 10.1. The fourth-order valence-electron chi connectivity index (χ4n) is 2.75. The van der Waals surface area contributed by atoms with E-state index in [9.17, 15) is 9.59 Å². The number of esters is 1. The highest BCUT2D eigenvalue weighted by atomic mass is 16.5. The lowest BCUT2D eigenvalue weighted by Crippen LogP contribution is -2.13. The molecule has 0 spiro atoms. The van der Waals surface area contributed by atoms with E-state index in [1.807, 2.05) is 41.9 Å². The summed E-state index contributed by atoms with van der Waals surface area (Å²) in [6.45, 7) is 1.89. The average Bonchev–Trinajstić information content (AvgIpc) is 3.37. The quantitative estimate of drug-likeness (QED) is 0.536. The van der Waals surface area contributed by atoms with E-state index in [4.69, 9.17) is 9.15 Å². The number of anilines is 1. The second kappa shape index (κ2) is 7.40. The first-order valence-corrected chi connectivity index (χ1v) is 8.65. The number of carbonyl (C=O) groups is 2. The number of hydrogen-bond acceptors (Lipinski definition) is 5. The Hall–Kier alpha value is -3.87. The summed E-state index contributed by atoms with van der Waals surface area (Å²) in [6, 6.07) is 13.9. The molecule has 4 aromatic rings. The number of benzene rings is 1. The van der Waals surface area contributed by atoms with Gasteiger partial charge in [0, 0.05) is 18.1 Å². The first kappa shape index (κ1) is 17.5. The van der Waals surface area contributed by atoms with E-state index >= 15 is 0 Å². The molecule has 1 amide bonds. The Morgan fingerprint density at radius 2 is 2.07 bits per heavy atom. The highest BCUT2D eigenvalue weighted by Crippen LogP contribution is 2.19. The molecule has 0 saturated heterocycles. The van der Waals surface area contributed by atoms with E-state index < -0.39 is 5.97 Å². The van der Waals surface area contributed by atoms with Gasteiger partial charge in [-0.3, -0.25) is 4.79 Å². The van der Waals surface area contributed by atoms with Crippen molar-refractivity contribution in [3.8, 4) is 0 Å². The molecule has 0 saturated carbocycles. The van der Waals surface area contributed by atoms with Crippen LogP contribution in [0.2, 0.25) is 0 Å². The maximum Gasteiger partial charge on any atom is 0.338 e. The molecule has 0 aliphatic carbocycles. The van der Waals surface area contributed by atoms with Crippen molar-refractivity contribution in [3.63, 3.8) is 0 Å². The normalized spacial score (nSPS) is 10.8. The summed E-state index contributed by atoms with van der Waals surface area (Å²) in [5.74, 6) is -0.687. The van der Waals surface area contributed by atoms with Gasteiger partial charge in [-0.2, -0.15) is 0 Å². The van der Waals surface area contributed by atoms with Gasteiger partial charge in [-0.15, -0.1) is 0 Å². The van der Waals surface area contributed by atoms with Gasteiger partial charge in [-0.05, 0) is 48.9 Å². The number of nitrogens with one attached hydrogen (secondary N) is 1. The number of imidazole rings is 1. The van der Waals surface area contributed by atoms with Gasteiger partial charge in [-0.25, -0.2) is 9.78 Å². The SMILES string of the molecule is Cc1ccc(C(=O)OCc2cn3ccccc3n2)cc1NC(=O)c1ccco1. The topological polar surface area (TPSA) is 85.8 Å². The number of hydrogen-bond donors (Lipinski definition) is 1. The van der Waals surface area contributed by atoms with Crippen LogP contribution in [0.15, 0.2) is 71.6 Å². The molecule has 3 heterocycles. The van der Waals surface area contributed by atoms with Gasteiger partial charge < -0.3 is 18.9 Å². The molecule has 0 bridgehead atoms.